The van der Waals surface area contributed by atoms with Gasteiger partial charge in [0, 0.05) is 23.4 Å². The molecule has 1 saturated carbocycles. The standard InChI is InChI=1S/C27H24F2N2O7S/c1-3-35-24(32)18-13-39-23(30-18)22-12-17(16-6-5-15(34-2)11-20(16)36-22)31-25(33)26(8-9-26)14-4-7-19-21(10-14)38-27(28,29)37-19/h4-7,10-11,13,17,22H,3,8-9,12H2,1-2H3,(H,31,33)/t17-,22-/m1/s1. The molecule has 204 valence electrons. The van der Waals surface area contributed by atoms with Crippen molar-refractivity contribution in [2.45, 2.75) is 50.0 Å². The normalized spacial score (nSPS) is 21.3. The van der Waals surface area contributed by atoms with Crippen LogP contribution in [0.5, 0.6) is 23.0 Å². The lowest BCUT2D eigenvalue weighted by Gasteiger charge is -2.33. The molecule has 2 aliphatic heterocycles. The summed E-state index contributed by atoms with van der Waals surface area (Å²) < 4.78 is 52.8. The minimum Gasteiger partial charge on any atom is -0.497 e. The van der Waals surface area contributed by atoms with E-state index in [0.29, 0.717) is 41.3 Å². The number of carbonyl (C=O) groups excluding carboxylic acids is 2. The molecule has 3 aliphatic rings. The molecule has 1 fully saturated rings. The smallest absolute Gasteiger partial charge is 0.497 e. The number of fused-ring (bicyclic) bond motifs is 2. The molecule has 1 N–H and O–H groups in total. The number of methoxy groups -OCH3 is 1. The van der Waals surface area contributed by atoms with Crippen molar-refractivity contribution in [2.75, 3.05) is 13.7 Å². The zero-order valence-corrected chi connectivity index (χ0v) is 21.8. The summed E-state index contributed by atoms with van der Waals surface area (Å²) in [4.78, 5) is 30.3. The van der Waals surface area contributed by atoms with Gasteiger partial charge in [0.25, 0.3) is 0 Å². The number of aromatic nitrogens is 1. The van der Waals surface area contributed by atoms with Gasteiger partial charge in [-0.1, -0.05) is 6.07 Å². The van der Waals surface area contributed by atoms with Crippen LogP contribution in [0.3, 0.4) is 0 Å². The highest BCUT2D eigenvalue weighted by atomic mass is 32.1. The number of rotatable bonds is 7. The lowest BCUT2D eigenvalue weighted by Crippen LogP contribution is -2.39. The van der Waals surface area contributed by atoms with Crippen molar-refractivity contribution in [1.82, 2.24) is 10.3 Å². The van der Waals surface area contributed by atoms with E-state index < -0.39 is 29.8 Å². The van der Waals surface area contributed by atoms with Gasteiger partial charge in [0.05, 0.1) is 25.2 Å². The van der Waals surface area contributed by atoms with Crippen LogP contribution in [0.1, 0.15) is 65.0 Å². The maximum atomic E-state index is 13.7. The second-order valence-corrected chi connectivity index (χ2v) is 10.4. The molecule has 9 nitrogen and oxygen atoms in total. The van der Waals surface area contributed by atoms with Crippen LogP contribution in [0, 0.1) is 0 Å². The summed E-state index contributed by atoms with van der Waals surface area (Å²) in [6.07, 6.45) is -2.78. The number of halogens is 2. The molecule has 6 rings (SSSR count). The average Bonchev–Trinajstić information content (AvgIpc) is 3.46. The maximum absolute atomic E-state index is 13.7. The van der Waals surface area contributed by atoms with Crippen LogP contribution in [-0.4, -0.2) is 36.9 Å². The first-order valence-corrected chi connectivity index (χ1v) is 13.3. The number of carbonyl (C=O) groups is 2. The number of benzene rings is 2. The van der Waals surface area contributed by atoms with E-state index >= 15 is 0 Å². The fourth-order valence-corrected chi connectivity index (χ4v) is 5.74. The van der Waals surface area contributed by atoms with E-state index in [1.807, 2.05) is 6.07 Å². The largest absolute Gasteiger partial charge is 0.586 e. The molecule has 0 radical (unpaired) electrons. The molecule has 0 spiro atoms. The van der Waals surface area contributed by atoms with Gasteiger partial charge in [-0.3, -0.25) is 4.79 Å². The van der Waals surface area contributed by atoms with Crippen LogP contribution in [-0.2, 0) is 14.9 Å². The molecule has 3 heterocycles. The lowest BCUT2D eigenvalue weighted by molar-refractivity contribution is -0.286. The first kappa shape index (κ1) is 25.4. The first-order valence-electron chi connectivity index (χ1n) is 12.4. The van der Waals surface area contributed by atoms with Crippen LogP contribution >= 0.6 is 11.3 Å². The Kier molecular flexibility index (Phi) is 6.09. The molecule has 0 unspecified atom stereocenters. The highest BCUT2D eigenvalue weighted by Crippen LogP contribution is 2.53. The van der Waals surface area contributed by atoms with Crippen LogP contribution < -0.4 is 24.3 Å². The van der Waals surface area contributed by atoms with Gasteiger partial charge in [-0.05, 0) is 49.6 Å². The van der Waals surface area contributed by atoms with Gasteiger partial charge in [-0.25, -0.2) is 9.78 Å². The van der Waals surface area contributed by atoms with Crippen molar-refractivity contribution in [3.05, 3.63) is 63.6 Å². The molecule has 0 saturated heterocycles. The molecule has 0 bridgehead atoms. The Morgan fingerprint density at radius 2 is 1.92 bits per heavy atom. The number of thiazole rings is 1. The number of hydrogen-bond donors (Lipinski definition) is 1. The zero-order valence-electron chi connectivity index (χ0n) is 21.0. The number of hydrogen-bond acceptors (Lipinski definition) is 9. The van der Waals surface area contributed by atoms with Crippen molar-refractivity contribution >= 4 is 23.2 Å². The predicted octanol–water partition coefficient (Wildman–Crippen LogP) is 5.06. The number of nitrogens with one attached hydrogen (secondary N) is 1. The Morgan fingerprint density at radius 3 is 2.67 bits per heavy atom. The molecular formula is C27H24F2N2O7S. The molecule has 12 heteroatoms. The summed E-state index contributed by atoms with van der Waals surface area (Å²) in [5.74, 6) is 0.203. The van der Waals surface area contributed by atoms with Gasteiger partial charge >= 0.3 is 12.3 Å². The van der Waals surface area contributed by atoms with E-state index in [2.05, 4.69) is 19.8 Å². The van der Waals surface area contributed by atoms with Gasteiger partial charge < -0.3 is 29.0 Å². The number of alkyl halides is 2. The number of esters is 1. The molecular weight excluding hydrogens is 534 g/mol. The number of ether oxygens (including phenoxy) is 5. The fraction of sp³-hybridized carbons (Fsp3) is 0.370. The minimum absolute atomic E-state index is 0.0688. The van der Waals surface area contributed by atoms with Gasteiger partial charge in [0.1, 0.15) is 16.5 Å². The zero-order chi connectivity index (χ0) is 27.4. The third-order valence-corrected chi connectivity index (χ3v) is 7.98. The van der Waals surface area contributed by atoms with E-state index in [1.165, 1.54) is 23.5 Å². The van der Waals surface area contributed by atoms with Gasteiger partial charge in [0.15, 0.2) is 23.3 Å². The van der Waals surface area contributed by atoms with Crippen LogP contribution in [0.4, 0.5) is 8.78 Å². The van der Waals surface area contributed by atoms with Crippen molar-refractivity contribution in [3.63, 3.8) is 0 Å². The topological polar surface area (TPSA) is 105 Å². The van der Waals surface area contributed by atoms with Gasteiger partial charge in [-0.15, -0.1) is 20.1 Å². The fourth-order valence-electron chi connectivity index (χ4n) is 4.91. The third-order valence-electron chi connectivity index (χ3n) is 7.04. The predicted molar refractivity (Wildman–Crippen MR) is 133 cm³/mol. The Balaban J connectivity index is 1.27. The maximum Gasteiger partial charge on any atom is 0.586 e. The van der Waals surface area contributed by atoms with Gasteiger partial charge in [-0.2, -0.15) is 0 Å². The first-order chi connectivity index (χ1) is 18.7. The highest BCUT2D eigenvalue weighted by Gasteiger charge is 2.53. The van der Waals surface area contributed by atoms with E-state index in [0.717, 1.165) is 5.56 Å². The Morgan fingerprint density at radius 1 is 1.13 bits per heavy atom. The molecule has 1 amide bonds. The second kappa shape index (κ2) is 9.37. The highest BCUT2D eigenvalue weighted by molar-refractivity contribution is 7.09. The second-order valence-electron chi connectivity index (χ2n) is 9.47. The van der Waals surface area contributed by atoms with E-state index in [4.69, 9.17) is 14.2 Å². The van der Waals surface area contributed by atoms with Crippen LogP contribution in [0.25, 0.3) is 0 Å². The average molecular weight is 559 g/mol. The van der Waals surface area contributed by atoms with Crippen LogP contribution in [0.2, 0.25) is 0 Å². The third kappa shape index (κ3) is 4.62. The SMILES string of the molecule is CCOC(=O)c1csc([C@H]2C[C@@H](NC(=O)C3(c4ccc5c(c4)OC(F)(F)O5)CC3)c3ccc(OC)cc3O2)n1. The molecule has 2 aromatic carbocycles. The Hall–Kier alpha value is -3.93. The monoisotopic (exact) mass is 558 g/mol. The molecule has 3 aromatic rings. The summed E-state index contributed by atoms with van der Waals surface area (Å²) in [6.45, 7) is 1.96. The van der Waals surface area contributed by atoms with E-state index in [-0.39, 0.29) is 29.7 Å². The van der Waals surface area contributed by atoms with Crippen LogP contribution in [0.15, 0.2) is 41.8 Å². The van der Waals surface area contributed by atoms with Crippen molar-refractivity contribution in [3.8, 4) is 23.0 Å². The number of amides is 1. The minimum atomic E-state index is -3.73. The molecule has 1 aliphatic carbocycles. The Labute approximate surface area is 226 Å². The van der Waals surface area contributed by atoms with Crippen molar-refractivity contribution in [1.29, 1.82) is 0 Å². The molecule has 39 heavy (non-hydrogen) atoms. The van der Waals surface area contributed by atoms with Crippen molar-refractivity contribution in [2.24, 2.45) is 0 Å². The summed E-state index contributed by atoms with van der Waals surface area (Å²) in [5.41, 5.74) is 0.679. The number of nitrogens with zero attached hydrogens (tertiary/aromatic N) is 1. The molecule has 1 aromatic heterocycles. The van der Waals surface area contributed by atoms with Crippen molar-refractivity contribution < 1.29 is 42.1 Å². The summed E-state index contributed by atoms with van der Waals surface area (Å²) in [7, 11) is 1.55. The Bertz CT molecular complexity index is 1460. The quantitative estimate of drug-likeness (QED) is 0.401. The lowest BCUT2D eigenvalue weighted by atomic mass is 9.91. The van der Waals surface area contributed by atoms with E-state index in [1.54, 1.807) is 37.6 Å². The van der Waals surface area contributed by atoms with Gasteiger partial charge in [0.2, 0.25) is 5.91 Å². The molecule has 2 atom stereocenters. The summed E-state index contributed by atoms with van der Waals surface area (Å²) in [6, 6.07) is 9.39. The van der Waals surface area contributed by atoms with E-state index in [9.17, 15) is 18.4 Å². The summed E-state index contributed by atoms with van der Waals surface area (Å²) in [5, 5.41) is 5.34. The summed E-state index contributed by atoms with van der Waals surface area (Å²) >= 11 is 1.27.